The number of carbonyl (C=O) groups is 1. The zero-order valence-electron chi connectivity index (χ0n) is 14.2. The molecule has 132 valence electrons. The summed E-state index contributed by atoms with van der Waals surface area (Å²) in [4.78, 5) is 18.5. The number of hydrogen-bond donors (Lipinski definition) is 0. The molecule has 2 aromatic carbocycles. The number of amides is 1. The third-order valence-corrected chi connectivity index (χ3v) is 4.65. The number of methoxy groups -OCH3 is 1. The summed E-state index contributed by atoms with van der Waals surface area (Å²) in [5.74, 6) is 0.502. The van der Waals surface area contributed by atoms with Crippen molar-refractivity contribution >= 4 is 11.6 Å². The minimum Gasteiger partial charge on any atom is -0.496 e. The first kappa shape index (κ1) is 16.3. The van der Waals surface area contributed by atoms with Crippen LogP contribution in [-0.4, -0.2) is 24.5 Å². The first-order valence-electron chi connectivity index (χ1n) is 8.31. The molecule has 0 N–H and O–H groups in total. The first-order valence-corrected chi connectivity index (χ1v) is 8.31. The number of aromatic nitrogens is 1. The van der Waals surface area contributed by atoms with E-state index in [9.17, 15) is 9.18 Å². The zero-order valence-corrected chi connectivity index (χ0v) is 14.2. The average Bonchev–Trinajstić information content (AvgIpc) is 3.31. The summed E-state index contributed by atoms with van der Waals surface area (Å²) in [7, 11) is 1.57. The van der Waals surface area contributed by atoms with E-state index in [0.717, 1.165) is 11.3 Å². The smallest absolute Gasteiger partial charge is 0.234 e. The summed E-state index contributed by atoms with van der Waals surface area (Å²) in [6.45, 7) is 0.574. The fourth-order valence-electron chi connectivity index (χ4n) is 3.37. The van der Waals surface area contributed by atoms with E-state index in [1.54, 1.807) is 30.3 Å². The van der Waals surface area contributed by atoms with Gasteiger partial charge in [-0.3, -0.25) is 4.79 Å². The molecule has 26 heavy (non-hydrogen) atoms. The molecule has 1 atom stereocenters. The second-order valence-electron chi connectivity index (χ2n) is 6.14. The van der Waals surface area contributed by atoms with Crippen molar-refractivity contribution in [2.45, 2.75) is 12.3 Å². The van der Waals surface area contributed by atoms with Gasteiger partial charge in [0.2, 0.25) is 5.91 Å². The number of anilines is 1. The highest BCUT2D eigenvalue weighted by Gasteiger charge is 2.34. The van der Waals surface area contributed by atoms with Crippen molar-refractivity contribution in [1.29, 1.82) is 0 Å². The molecule has 1 saturated heterocycles. The minimum absolute atomic E-state index is 0.0370. The lowest BCUT2D eigenvalue weighted by Crippen LogP contribution is -2.26. The Balaban J connectivity index is 1.63. The quantitative estimate of drug-likeness (QED) is 0.712. The van der Waals surface area contributed by atoms with E-state index in [1.807, 2.05) is 18.2 Å². The molecule has 0 radical (unpaired) electrons. The Morgan fingerprint density at radius 1 is 1.27 bits per heavy atom. The van der Waals surface area contributed by atoms with Gasteiger partial charge >= 0.3 is 0 Å². The van der Waals surface area contributed by atoms with Gasteiger partial charge < -0.3 is 14.1 Å². The second-order valence-corrected chi connectivity index (χ2v) is 6.14. The fourth-order valence-corrected chi connectivity index (χ4v) is 3.37. The molecule has 4 rings (SSSR count). The Hall–Kier alpha value is -3.15. The summed E-state index contributed by atoms with van der Waals surface area (Å²) in [6, 6.07) is 11.7. The normalized spacial score (nSPS) is 16.9. The third kappa shape index (κ3) is 2.83. The fraction of sp³-hybridized carbons (Fsp3) is 0.200. The molecule has 0 saturated carbocycles. The highest BCUT2D eigenvalue weighted by Crippen LogP contribution is 2.37. The molecule has 1 fully saturated rings. The van der Waals surface area contributed by atoms with E-state index in [0.29, 0.717) is 30.0 Å². The van der Waals surface area contributed by atoms with Crippen molar-refractivity contribution in [2.75, 3.05) is 18.6 Å². The number of hydrogen-bond acceptors (Lipinski definition) is 4. The molecule has 0 aliphatic carbocycles. The lowest BCUT2D eigenvalue weighted by Gasteiger charge is -2.19. The number of oxazole rings is 1. The largest absolute Gasteiger partial charge is 0.496 e. The molecule has 6 heteroatoms. The van der Waals surface area contributed by atoms with Gasteiger partial charge in [0.1, 0.15) is 11.6 Å². The molecule has 3 aromatic rings. The number of halogens is 1. The summed E-state index contributed by atoms with van der Waals surface area (Å²) in [5.41, 5.74) is 2.22. The molecule has 0 spiro atoms. The third-order valence-electron chi connectivity index (χ3n) is 4.65. The van der Waals surface area contributed by atoms with Gasteiger partial charge in [0.15, 0.2) is 12.2 Å². The predicted molar refractivity (Wildman–Crippen MR) is 94.6 cm³/mol. The van der Waals surface area contributed by atoms with Gasteiger partial charge in [0.05, 0.1) is 24.8 Å². The van der Waals surface area contributed by atoms with Crippen LogP contribution < -0.4 is 9.64 Å². The number of nitrogens with zero attached hydrogens (tertiary/aromatic N) is 2. The van der Waals surface area contributed by atoms with Crippen LogP contribution in [-0.2, 0) is 4.79 Å². The van der Waals surface area contributed by atoms with Gasteiger partial charge in [0, 0.05) is 18.3 Å². The van der Waals surface area contributed by atoms with Crippen molar-refractivity contribution in [1.82, 2.24) is 4.98 Å². The maximum atomic E-state index is 13.5. The van der Waals surface area contributed by atoms with Crippen LogP contribution in [0.3, 0.4) is 0 Å². The van der Waals surface area contributed by atoms with Gasteiger partial charge in [-0.2, -0.15) is 0 Å². The van der Waals surface area contributed by atoms with Crippen LogP contribution in [0.5, 0.6) is 5.75 Å². The standard InChI is InChI=1S/C20H17FN2O3/c1-25-18-10-15(5-6-17(18)19-11-22-12-26-19)23-8-7-16(20(23)24)13-3-2-4-14(21)9-13/h2-6,9-12,16H,7-8H2,1H3. The van der Waals surface area contributed by atoms with Crippen LogP contribution in [0.4, 0.5) is 10.1 Å². The molecule has 1 aliphatic heterocycles. The van der Waals surface area contributed by atoms with Crippen LogP contribution >= 0.6 is 0 Å². The topological polar surface area (TPSA) is 55.6 Å². The van der Waals surface area contributed by atoms with Crippen molar-refractivity contribution in [3.63, 3.8) is 0 Å². The Morgan fingerprint density at radius 2 is 2.15 bits per heavy atom. The molecule has 1 aromatic heterocycles. The second kappa shape index (κ2) is 6.63. The Bertz CT molecular complexity index is 940. The summed E-state index contributed by atoms with van der Waals surface area (Å²) < 4.78 is 24.3. The lowest BCUT2D eigenvalue weighted by molar-refractivity contribution is -0.118. The van der Waals surface area contributed by atoms with Gasteiger partial charge in [-0.05, 0) is 36.2 Å². The van der Waals surface area contributed by atoms with Crippen LogP contribution in [0.1, 0.15) is 17.9 Å². The van der Waals surface area contributed by atoms with E-state index in [4.69, 9.17) is 9.15 Å². The highest BCUT2D eigenvalue weighted by molar-refractivity contribution is 6.00. The van der Waals surface area contributed by atoms with Crippen LogP contribution in [0.2, 0.25) is 0 Å². The number of carbonyl (C=O) groups excluding carboxylic acids is 1. The van der Waals surface area contributed by atoms with Crippen molar-refractivity contribution in [3.8, 4) is 17.1 Å². The Kier molecular flexibility index (Phi) is 4.16. The molecular formula is C20H17FN2O3. The molecule has 0 bridgehead atoms. The van der Waals surface area contributed by atoms with Crippen molar-refractivity contribution in [2.24, 2.45) is 0 Å². The maximum absolute atomic E-state index is 13.5. The number of ether oxygens (including phenoxy) is 1. The van der Waals surface area contributed by atoms with E-state index in [2.05, 4.69) is 4.98 Å². The lowest BCUT2D eigenvalue weighted by atomic mass is 9.98. The maximum Gasteiger partial charge on any atom is 0.234 e. The van der Waals surface area contributed by atoms with E-state index < -0.39 is 0 Å². The average molecular weight is 352 g/mol. The minimum atomic E-state index is -0.328. The first-order chi connectivity index (χ1) is 12.7. The molecule has 1 aliphatic rings. The summed E-state index contributed by atoms with van der Waals surface area (Å²) in [6.07, 6.45) is 3.61. The van der Waals surface area contributed by atoms with Crippen molar-refractivity contribution in [3.05, 3.63) is 66.4 Å². The van der Waals surface area contributed by atoms with E-state index in [1.165, 1.54) is 18.5 Å². The number of benzene rings is 2. The SMILES string of the molecule is COc1cc(N2CCC(c3cccc(F)c3)C2=O)ccc1-c1cnco1. The molecule has 1 amide bonds. The summed E-state index contributed by atoms with van der Waals surface area (Å²) >= 11 is 0. The summed E-state index contributed by atoms with van der Waals surface area (Å²) in [5, 5.41) is 0. The van der Waals surface area contributed by atoms with Gasteiger partial charge in [-0.15, -0.1) is 0 Å². The van der Waals surface area contributed by atoms with Crippen LogP contribution in [0.25, 0.3) is 11.3 Å². The monoisotopic (exact) mass is 352 g/mol. The molecule has 1 unspecified atom stereocenters. The predicted octanol–water partition coefficient (Wildman–Crippen LogP) is 4.01. The number of rotatable bonds is 4. The van der Waals surface area contributed by atoms with E-state index in [-0.39, 0.29) is 17.6 Å². The highest BCUT2D eigenvalue weighted by atomic mass is 19.1. The Labute approximate surface area is 150 Å². The van der Waals surface area contributed by atoms with Gasteiger partial charge in [-0.25, -0.2) is 9.37 Å². The van der Waals surface area contributed by atoms with Crippen LogP contribution in [0.15, 0.2) is 59.5 Å². The molecule has 5 nitrogen and oxygen atoms in total. The molecular weight excluding hydrogens is 335 g/mol. The zero-order chi connectivity index (χ0) is 18.1. The van der Waals surface area contributed by atoms with Gasteiger partial charge in [0.25, 0.3) is 0 Å². The van der Waals surface area contributed by atoms with E-state index >= 15 is 0 Å². The Morgan fingerprint density at radius 3 is 2.88 bits per heavy atom. The van der Waals surface area contributed by atoms with Crippen LogP contribution in [0, 0.1) is 5.82 Å². The molecule has 2 heterocycles. The van der Waals surface area contributed by atoms with Crippen molar-refractivity contribution < 1.29 is 18.3 Å². The van der Waals surface area contributed by atoms with Gasteiger partial charge in [-0.1, -0.05) is 12.1 Å².